The van der Waals surface area contributed by atoms with E-state index in [-0.39, 0.29) is 6.03 Å². The molecule has 1 aromatic heterocycles. The predicted octanol–water partition coefficient (Wildman–Crippen LogP) is 2.37. The van der Waals surface area contributed by atoms with Gasteiger partial charge in [-0.3, -0.25) is 0 Å². The number of nitrogens with one attached hydrogen (secondary N) is 2. The summed E-state index contributed by atoms with van der Waals surface area (Å²) in [5, 5.41) is 14.7. The van der Waals surface area contributed by atoms with Crippen LogP contribution in [-0.4, -0.2) is 27.1 Å². The van der Waals surface area contributed by atoms with Gasteiger partial charge in [0.2, 0.25) is 0 Å². The number of urea groups is 1. The lowest BCUT2D eigenvalue weighted by Crippen LogP contribution is -2.47. The van der Waals surface area contributed by atoms with Gasteiger partial charge in [-0.05, 0) is 39.0 Å². The highest BCUT2D eigenvalue weighted by molar-refractivity contribution is 5.74. The molecule has 0 bridgehead atoms. The average molecular weight is 293 g/mol. The lowest BCUT2D eigenvalue weighted by atomic mass is 9.78. The van der Waals surface area contributed by atoms with Gasteiger partial charge in [0.25, 0.3) is 0 Å². The molecule has 2 rings (SSSR count). The Balaban J connectivity index is 1.81. The van der Waals surface area contributed by atoms with Crippen molar-refractivity contribution in [3.63, 3.8) is 0 Å². The van der Waals surface area contributed by atoms with Crippen LogP contribution < -0.4 is 10.6 Å². The summed E-state index contributed by atoms with van der Waals surface area (Å²) in [7, 11) is 0. The summed E-state index contributed by atoms with van der Waals surface area (Å²) >= 11 is 0. The van der Waals surface area contributed by atoms with Crippen LogP contribution in [0.5, 0.6) is 0 Å². The van der Waals surface area contributed by atoms with Crippen LogP contribution in [0.25, 0.3) is 0 Å². The Labute approximate surface area is 126 Å². The predicted molar refractivity (Wildman–Crippen MR) is 81.8 cm³/mol. The zero-order valence-electron chi connectivity index (χ0n) is 13.4. The Morgan fingerprint density at radius 1 is 1.38 bits per heavy atom. The van der Waals surface area contributed by atoms with E-state index in [1.807, 2.05) is 13.8 Å². The fourth-order valence-corrected chi connectivity index (χ4v) is 2.73. The molecule has 2 N–H and O–H groups in total. The molecule has 118 valence electrons. The molecule has 1 fully saturated rings. The number of aromatic nitrogens is 3. The van der Waals surface area contributed by atoms with Gasteiger partial charge in [0.1, 0.15) is 5.69 Å². The van der Waals surface area contributed by atoms with E-state index >= 15 is 0 Å². The van der Waals surface area contributed by atoms with E-state index in [9.17, 15) is 4.79 Å². The fourth-order valence-electron chi connectivity index (χ4n) is 2.73. The summed E-state index contributed by atoms with van der Waals surface area (Å²) < 4.78 is 0. The van der Waals surface area contributed by atoms with E-state index in [1.54, 1.807) is 4.80 Å². The van der Waals surface area contributed by atoms with Crippen molar-refractivity contribution in [3.05, 3.63) is 11.4 Å². The summed E-state index contributed by atoms with van der Waals surface area (Å²) in [6.45, 7) is 7.26. The lowest BCUT2D eigenvalue weighted by Gasteiger charge is -2.34. The molecule has 0 radical (unpaired) electrons. The van der Waals surface area contributed by atoms with Crippen LogP contribution in [0.15, 0.2) is 0 Å². The Bertz CT molecular complexity index is 467. The molecule has 1 saturated carbocycles. The minimum atomic E-state index is -0.0919. The highest BCUT2D eigenvalue weighted by Gasteiger charge is 2.27. The van der Waals surface area contributed by atoms with Crippen molar-refractivity contribution < 1.29 is 4.79 Å². The molecule has 6 heteroatoms. The number of aryl methyl sites for hydroxylation is 2. The van der Waals surface area contributed by atoms with Crippen molar-refractivity contribution >= 4 is 6.03 Å². The molecular formula is C15H27N5O. The van der Waals surface area contributed by atoms with E-state index in [2.05, 4.69) is 27.8 Å². The topological polar surface area (TPSA) is 71.8 Å². The maximum absolute atomic E-state index is 12.1. The number of hydrogen-bond acceptors (Lipinski definition) is 3. The van der Waals surface area contributed by atoms with Gasteiger partial charge in [-0.15, -0.1) is 0 Å². The normalized spacial score (nSPS) is 16.3. The number of nitrogens with zero attached hydrogens (tertiary/aromatic N) is 3. The minimum Gasteiger partial charge on any atom is -0.335 e. The van der Waals surface area contributed by atoms with Gasteiger partial charge in [-0.25, -0.2) is 4.79 Å². The molecule has 0 aliphatic heterocycles. The first-order valence-electron chi connectivity index (χ1n) is 8.09. The first-order chi connectivity index (χ1) is 10.1. The molecular weight excluding hydrogens is 266 g/mol. The molecule has 1 aliphatic carbocycles. The van der Waals surface area contributed by atoms with E-state index in [0.717, 1.165) is 30.8 Å². The maximum Gasteiger partial charge on any atom is 0.315 e. The second-order valence-electron chi connectivity index (χ2n) is 5.83. The van der Waals surface area contributed by atoms with Crippen LogP contribution >= 0.6 is 0 Å². The van der Waals surface area contributed by atoms with Crippen LogP contribution in [0.1, 0.15) is 57.3 Å². The van der Waals surface area contributed by atoms with Gasteiger partial charge >= 0.3 is 6.03 Å². The number of amides is 2. The second-order valence-corrected chi connectivity index (χ2v) is 5.83. The van der Waals surface area contributed by atoms with Crippen LogP contribution in [0.2, 0.25) is 0 Å². The summed E-state index contributed by atoms with van der Waals surface area (Å²) in [6.07, 6.45) is 5.95. The molecule has 1 aromatic rings. The third-order valence-electron chi connectivity index (χ3n) is 4.25. The van der Waals surface area contributed by atoms with Gasteiger partial charge in [-0.2, -0.15) is 15.0 Å². The lowest BCUT2D eigenvalue weighted by molar-refractivity contribution is 0.201. The maximum atomic E-state index is 12.1. The second kappa shape index (κ2) is 7.43. The van der Waals surface area contributed by atoms with Crippen molar-refractivity contribution in [2.75, 3.05) is 0 Å². The molecule has 1 heterocycles. The molecule has 0 unspecified atom stereocenters. The fraction of sp³-hybridized carbons (Fsp3) is 0.800. The quantitative estimate of drug-likeness (QED) is 0.810. The van der Waals surface area contributed by atoms with Crippen LogP contribution in [-0.2, 0) is 13.1 Å². The third kappa shape index (κ3) is 4.19. The summed E-state index contributed by atoms with van der Waals surface area (Å²) in [5.74, 6) is 0.665. The van der Waals surface area contributed by atoms with Crippen molar-refractivity contribution in [1.29, 1.82) is 0 Å². The number of rotatable bonds is 7. The molecule has 0 aromatic carbocycles. The number of hydrogen-bond donors (Lipinski definition) is 2. The van der Waals surface area contributed by atoms with Gasteiger partial charge < -0.3 is 10.6 Å². The number of carbonyl (C=O) groups excluding carboxylic acids is 1. The number of carbonyl (C=O) groups is 1. The molecule has 0 saturated heterocycles. The summed E-state index contributed by atoms with van der Waals surface area (Å²) in [5.41, 5.74) is 1.71. The Hall–Kier alpha value is -1.59. The monoisotopic (exact) mass is 293 g/mol. The molecule has 1 atom stereocenters. The van der Waals surface area contributed by atoms with Gasteiger partial charge in [0.15, 0.2) is 0 Å². The zero-order chi connectivity index (χ0) is 15.2. The van der Waals surface area contributed by atoms with Crippen molar-refractivity contribution in [2.45, 2.75) is 72.0 Å². The summed E-state index contributed by atoms with van der Waals surface area (Å²) in [4.78, 5) is 13.7. The van der Waals surface area contributed by atoms with Crippen LogP contribution in [0.4, 0.5) is 4.79 Å². The molecule has 1 aliphatic rings. The van der Waals surface area contributed by atoms with Gasteiger partial charge in [-0.1, -0.05) is 19.8 Å². The largest absolute Gasteiger partial charge is 0.335 e. The Morgan fingerprint density at radius 3 is 2.67 bits per heavy atom. The van der Waals surface area contributed by atoms with Gasteiger partial charge in [0.05, 0.1) is 18.8 Å². The molecule has 21 heavy (non-hydrogen) atoms. The van der Waals surface area contributed by atoms with Gasteiger partial charge in [0, 0.05) is 6.04 Å². The van der Waals surface area contributed by atoms with E-state index < -0.39 is 0 Å². The molecule has 6 nitrogen and oxygen atoms in total. The smallest absolute Gasteiger partial charge is 0.315 e. The van der Waals surface area contributed by atoms with E-state index in [1.165, 1.54) is 19.3 Å². The van der Waals surface area contributed by atoms with E-state index in [0.29, 0.717) is 18.5 Å². The van der Waals surface area contributed by atoms with E-state index in [4.69, 9.17) is 0 Å². The zero-order valence-corrected chi connectivity index (χ0v) is 13.4. The Kier molecular flexibility index (Phi) is 5.59. The highest BCUT2D eigenvalue weighted by atomic mass is 16.2. The Morgan fingerprint density at radius 2 is 2.14 bits per heavy atom. The highest BCUT2D eigenvalue weighted by Crippen LogP contribution is 2.31. The molecule has 2 amide bonds. The minimum absolute atomic E-state index is 0.0919. The average Bonchev–Trinajstić information content (AvgIpc) is 2.75. The SMILES string of the molecule is CCC[C@H](NC(=O)NCc1nn(CC)nc1C)C1CCC1. The van der Waals surface area contributed by atoms with Crippen molar-refractivity contribution in [1.82, 2.24) is 25.6 Å². The summed E-state index contributed by atoms with van der Waals surface area (Å²) in [6, 6.07) is 0.224. The van der Waals surface area contributed by atoms with Crippen molar-refractivity contribution in [3.8, 4) is 0 Å². The van der Waals surface area contributed by atoms with Crippen LogP contribution in [0.3, 0.4) is 0 Å². The molecule has 0 spiro atoms. The standard InChI is InChI=1S/C15H27N5O/c1-4-7-13(12-8-6-9-12)17-15(21)16-10-14-11(3)18-20(5-2)19-14/h12-13H,4-10H2,1-3H3,(H2,16,17,21)/t13-/m0/s1. The van der Waals surface area contributed by atoms with Crippen LogP contribution in [0, 0.1) is 12.8 Å². The first-order valence-corrected chi connectivity index (χ1v) is 8.09. The first kappa shape index (κ1) is 15.8. The van der Waals surface area contributed by atoms with Crippen molar-refractivity contribution in [2.24, 2.45) is 5.92 Å². The third-order valence-corrected chi connectivity index (χ3v) is 4.25.